The van der Waals surface area contributed by atoms with Crippen molar-refractivity contribution in [3.8, 4) is 0 Å². The van der Waals surface area contributed by atoms with Crippen molar-refractivity contribution in [3.63, 3.8) is 0 Å². The van der Waals surface area contributed by atoms with Crippen LogP contribution in [0.1, 0.15) is 16.8 Å². The summed E-state index contributed by atoms with van der Waals surface area (Å²) < 4.78 is 0.878. The highest BCUT2D eigenvalue weighted by Crippen LogP contribution is 2.16. The summed E-state index contributed by atoms with van der Waals surface area (Å²) >= 11 is 6.31. The normalized spacial score (nSPS) is 12.1. The topological polar surface area (TPSA) is 54.4 Å². The van der Waals surface area contributed by atoms with E-state index in [0.717, 1.165) is 4.47 Å². The van der Waals surface area contributed by atoms with Gasteiger partial charge in [0.2, 0.25) is 0 Å². The molecule has 1 atom stereocenters. The molecule has 1 rings (SSSR count). The molecule has 0 amide bonds. The lowest BCUT2D eigenvalue weighted by molar-refractivity contribution is -0.136. The van der Waals surface area contributed by atoms with Crippen molar-refractivity contribution in [3.05, 3.63) is 34.3 Å². The van der Waals surface area contributed by atoms with Crippen LogP contribution in [0.2, 0.25) is 0 Å². The molecule has 1 aromatic rings. The van der Waals surface area contributed by atoms with Crippen LogP contribution in [0.25, 0.3) is 0 Å². The molecule has 0 unspecified atom stereocenters. The Balaban J connectivity index is 2.76. The van der Waals surface area contributed by atoms with Crippen molar-refractivity contribution in [1.82, 2.24) is 0 Å². The van der Waals surface area contributed by atoms with Gasteiger partial charge in [-0.25, -0.2) is 0 Å². The molecule has 1 N–H and O–H groups in total. The highest BCUT2D eigenvalue weighted by Gasteiger charge is 2.19. The van der Waals surface area contributed by atoms with E-state index >= 15 is 0 Å². The van der Waals surface area contributed by atoms with E-state index in [9.17, 15) is 9.59 Å². The summed E-state index contributed by atoms with van der Waals surface area (Å²) in [5.74, 6) is -1.22. The minimum absolute atomic E-state index is 0.213. The molecule has 80 valence electrons. The van der Waals surface area contributed by atoms with E-state index in [0.29, 0.717) is 5.56 Å². The van der Waals surface area contributed by atoms with Gasteiger partial charge in [0.25, 0.3) is 0 Å². The van der Waals surface area contributed by atoms with Crippen LogP contribution < -0.4 is 0 Å². The maximum absolute atomic E-state index is 11.7. The third-order valence-electron chi connectivity index (χ3n) is 1.77. The summed E-state index contributed by atoms with van der Waals surface area (Å²) in [5, 5.41) is 8.53. The van der Waals surface area contributed by atoms with Gasteiger partial charge in [0.1, 0.15) is 0 Å². The monoisotopic (exact) mass is 334 g/mol. The third kappa shape index (κ3) is 3.76. The lowest BCUT2D eigenvalue weighted by Gasteiger charge is -2.05. The summed E-state index contributed by atoms with van der Waals surface area (Å²) in [7, 11) is 0. The van der Waals surface area contributed by atoms with Crippen LogP contribution in [0.3, 0.4) is 0 Å². The number of ketones is 1. The van der Waals surface area contributed by atoms with Crippen LogP contribution in [0, 0.1) is 0 Å². The average Bonchev–Trinajstić information content (AvgIpc) is 2.17. The number of hydrogen-bond donors (Lipinski definition) is 1. The highest BCUT2D eigenvalue weighted by atomic mass is 79.9. The number of alkyl halides is 1. The van der Waals surface area contributed by atoms with Crippen LogP contribution in [0.5, 0.6) is 0 Å². The molecule has 0 saturated heterocycles. The first kappa shape index (κ1) is 12.4. The van der Waals surface area contributed by atoms with Crippen LogP contribution in [0.15, 0.2) is 28.7 Å². The van der Waals surface area contributed by atoms with Gasteiger partial charge < -0.3 is 5.11 Å². The van der Waals surface area contributed by atoms with E-state index in [1.54, 1.807) is 24.3 Å². The molecule has 0 saturated carbocycles. The van der Waals surface area contributed by atoms with Crippen molar-refractivity contribution in [2.24, 2.45) is 0 Å². The molecule has 0 aliphatic rings. The molecular weight excluding hydrogens is 328 g/mol. The van der Waals surface area contributed by atoms with E-state index in [-0.39, 0.29) is 12.2 Å². The molecule has 0 fully saturated rings. The van der Waals surface area contributed by atoms with Crippen LogP contribution in [0.4, 0.5) is 0 Å². The smallest absolute Gasteiger partial charge is 0.304 e. The Morgan fingerprint density at radius 3 is 2.27 bits per heavy atom. The maximum atomic E-state index is 11.7. The molecule has 1 aromatic carbocycles. The predicted molar refractivity (Wildman–Crippen MR) is 63.4 cm³/mol. The van der Waals surface area contributed by atoms with Gasteiger partial charge >= 0.3 is 5.97 Å². The Morgan fingerprint density at radius 2 is 1.80 bits per heavy atom. The number of carboxylic acids is 1. The van der Waals surface area contributed by atoms with E-state index < -0.39 is 10.8 Å². The Morgan fingerprint density at radius 1 is 1.27 bits per heavy atom. The van der Waals surface area contributed by atoms with Crippen molar-refractivity contribution >= 4 is 43.6 Å². The summed E-state index contributed by atoms with van der Waals surface area (Å²) in [4.78, 5) is 21.4. The number of halogens is 2. The number of benzene rings is 1. The number of carboxylic acid groups (broad SMARTS) is 1. The zero-order valence-corrected chi connectivity index (χ0v) is 10.8. The first-order valence-electron chi connectivity index (χ1n) is 4.16. The van der Waals surface area contributed by atoms with Crippen LogP contribution >= 0.6 is 31.9 Å². The fraction of sp³-hybridized carbons (Fsp3) is 0.200. The zero-order valence-electron chi connectivity index (χ0n) is 7.61. The van der Waals surface area contributed by atoms with Gasteiger partial charge in [0.15, 0.2) is 5.78 Å². The predicted octanol–water partition coefficient (Wildman–Crippen LogP) is 2.87. The summed E-state index contributed by atoms with van der Waals surface area (Å²) in [6.07, 6.45) is -0.213. The second-order valence-electron chi connectivity index (χ2n) is 2.94. The Hall–Kier alpha value is -0.680. The van der Waals surface area contributed by atoms with E-state index in [4.69, 9.17) is 5.11 Å². The standard InChI is InChI=1S/C10H8Br2O3/c11-7-3-1-6(2-4-7)10(15)8(12)5-9(13)14/h1-4,8H,5H2,(H,13,14)/t8-/m0/s1. The SMILES string of the molecule is O=C(O)C[C@H](Br)C(=O)c1ccc(Br)cc1. The molecule has 0 heterocycles. The maximum Gasteiger partial charge on any atom is 0.304 e. The van der Waals surface area contributed by atoms with Crippen molar-refractivity contribution in [2.75, 3.05) is 0 Å². The summed E-state index contributed by atoms with van der Waals surface area (Å²) in [6, 6.07) is 6.80. The number of Topliss-reactive ketones (excluding diaryl/α,β-unsaturated/α-hetero) is 1. The van der Waals surface area contributed by atoms with Gasteiger partial charge in [0, 0.05) is 10.0 Å². The first-order valence-corrected chi connectivity index (χ1v) is 5.87. The lowest BCUT2D eigenvalue weighted by Crippen LogP contribution is -2.18. The molecule has 0 radical (unpaired) electrons. The minimum Gasteiger partial charge on any atom is -0.481 e. The van der Waals surface area contributed by atoms with E-state index in [1.165, 1.54) is 0 Å². The van der Waals surface area contributed by atoms with Gasteiger partial charge in [-0.15, -0.1) is 0 Å². The molecule has 15 heavy (non-hydrogen) atoms. The molecule has 0 bridgehead atoms. The Labute approximate surface area is 104 Å². The van der Waals surface area contributed by atoms with Gasteiger partial charge in [-0.3, -0.25) is 9.59 Å². The van der Waals surface area contributed by atoms with Gasteiger partial charge in [-0.2, -0.15) is 0 Å². The first-order chi connectivity index (χ1) is 7.00. The number of rotatable bonds is 4. The van der Waals surface area contributed by atoms with Crippen molar-refractivity contribution in [1.29, 1.82) is 0 Å². The van der Waals surface area contributed by atoms with Gasteiger partial charge in [-0.05, 0) is 12.1 Å². The van der Waals surface area contributed by atoms with Crippen LogP contribution in [-0.4, -0.2) is 21.7 Å². The molecule has 5 heteroatoms. The Kier molecular flexibility index (Phi) is 4.47. The van der Waals surface area contributed by atoms with Crippen LogP contribution in [-0.2, 0) is 4.79 Å². The second-order valence-corrected chi connectivity index (χ2v) is 4.96. The van der Waals surface area contributed by atoms with Gasteiger partial charge in [-0.1, -0.05) is 44.0 Å². The molecule has 3 nitrogen and oxygen atoms in total. The molecular formula is C10H8Br2O3. The zero-order chi connectivity index (χ0) is 11.4. The van der Waals surface area contributed by atoms with Crippen molar-refractivity contribution in [2.45, 2.75) is 11.2 Å². The van der Waals surface area contributed by atoms with Crippen molar-refractivity contribution < 1.29 is 14.7 Å². The fourth-order valence-electron chi connectivity index (χ4n) is 1.04. The average molecular weight is 336 g/mol. The fourth-order valence-corrected chi connectivity index (χ4v) is 1.85. The van der Waals surface area contributed by atoms with Gasteiger partial charge in [0.05, 0.1) is 11.2 Å². The second kappa shape index (κ2) is 5.42. The summed E-state index contributed by atoms with van der Waals surface area (Å²) in [6.45, 7) is 0. The van der Waals surface area contributed by atoms with E-state index in [2.05, 4.69) is 31.9 Å². The number of carbonyl (C=O) groups excluding carboxylic acids is 1. The summed E-state index contributed by atoms with van der Waals surface area (Å²) in [5.41, 5.74) is 0.501. The number of aliphatic carboxylic acids is 1. The highest BCUT2D eigenvalue weighted by molar-refractivity contribution is 9.10. The Bertz CT molecular complexity index is 373. The number of hydrogen-bond acceptors (Lipinski definition) is 2. The molecule has 0 spiro atoms. The minimum atomic E-state index is -0.998. The van der Waals surface area contributed by atoms with E-state index in [1.807, 2.05) is 0 Å². The lowest BCUT2D eigenvalue weighted by atomic mass is 10.1. The molecule has 0 aromatic heterocycles. The quantitative estimate of drug-likeness (QED) is 0.680. The molecule has 0 aliphatic carbocycles. The third-order valence-corrected chi connectivity index (χ3v) is 3.04. The largest absolute Gasteiger partial charge is 0.481 e. The molecule has 0 aliphatic heterocycles. The number of carbonyl (C=O) groups is 2.